The van der Waals surface area contributed by atoms with Crippen molar-refractivity contribution in [3.63, 3.8) is 0 Å². The molecule has 1 saturated carbocycles. The van der Waals surface area contributed by atoms with E-state index in [0.717, 1.165) is 37.7 Å². The van der Waals surface area contributed by atoms with E-state index in [9.17, 15) is 18.8 Å². The van der Waals surface area contributed by atoms with Crippen LogP contribution in [0.3, 0.4) is 0 Å². The minimum atomic E-state index is -0.983. The summed E-state index contributed by atoms with van der Waals surface area (Å²) in [4.78, 5) is 45.7. The Morgan fingerprint density at radius 3 is 2.36 bits per heavy atom. The molecule has 3 amide bonds. The van der Waals surface area contributed by atoms with Gasteiger partial charge in [-0.1, -0.05) is 55.7 Å². The molecule has 0 bridgehead atoms. The van der Waals surface area contributed by atoms with E-state index >= 15 is 0 Å². The van der Waals surface area contributed by atoms with Crippen LogP contribution in [0.1, 0.15) is 68.5 Å². The summed E-state index contributed by atoms with van der Waals surface area (Å²) in [6.07, 6.45) is 7.10. The molecule has 2 N–H and O–H groups in total. The van der Waals surface area contributed by atoms with Crippen LogP contribution in [0, 0.1) is 12.7 Å². The number of halogens is 1. The van der Waals surface area contributed by atoms with E-state index in [0.29, 0.717) is 23.5 Å². The van der Waals surface area contributed by atoms with E-state index < -0.39 is 11.9 Å². The molecule has 0 saturated heterocycles. The number of benzene rings is 2. The van der Waals surface area contributed by atoms with Gasteiger partial charge in [0.25, 0.3) is 0 Å². The minimum absolute atomic E-state index is 0.0401. The zero-order valence-electron chi connectivity index (χ0n) is 22.2. The van der Waals surface area contributed by atoms with E-state index in [-0.39, 0.29) is 36.6 Å². The van der Waals surface area contributed by atoms with E-state index in [1.165, 1.54) is 17.0 Å². The first-order chi connectivity index (χ1) is 18.9. The molecule has 1 aliphatic rings. The Balaban J connectivity index is 1.58. The van der Waals surface area contributed by atoms with Gasteiger partial charge in [-0.3, -0.25) is 19.3 Å². The second-order valence-electron chi connectivity index (χ2n) is 9.96. The van der Waals surface area contributed by atoms with Crippen molar-refractivity contribution in [1.29, 1.82) is 0 Å². The number of hydrogen-bond acceptors (Lipinski definition) is 4. The van der Waals surface area contributed by atoms with Gasteiger partial charge in [0.2, 0.25) is 17.7 Å². The van der Waals surface area contributed by atoms with Gasteiger partial charge in [-0.05, 0) is 67.6 Å². The lowest BCUT2D eigenvalue weighted by Gasteiger charge is -2.34. The molecule has 2 aromatic carbocycles. The van der Waals surface area contributed by atoms with Crippen molar-refractivity contribution in [3.05, 3.63) is 89.9 Å². The molecule has 0 radical (unpaired) electrons. The largest absolute Gasteiger partial charge is 0.351 e. The van der Waals surface area contributed by atoms with E-state index in [2.05, 4.69) is 15.6 Å². The van der Waals surface area contributed by atoms with E-state index in [4.69, 9.17) is 0 Å². The van der Waals surface area contributed by atoms with Crippen LogP contribution in [0.15, 0.2) is 72.9 Å². The topological polar surface area (TPSA) is 91.4 Å². The summed E-state index contributed by atoms with van der Waals surface area (Å²) in [6, 6.07) is 17.4. The average molecular weight is 531 g/mol. The normalized spacial score (nSPS) is 14.3. The van der Waals surface area contributed by atoms with Gasteiger partial charge in [-0.2, -0.15) is 0 Å². The maximum atomic E-state index is 13.8. The summed E-state index contributed by atoms with van der Waals surface area (Å²) < 4.78 is 13.8. The molecule has 0 spiro atoms. The van der Waals surface area contributed by atoms with Gasteiger partial charge in [0.15, 0.2) is 0 Å². The molecule has 1 aliphatic carbocycles. The van der Waals surface area contributed by atoms with Crippen LogP contribution < -0.4 is 15.5 Å². The molecule has 0 unspecified atom stereocenters. The van der Waals surface area contributed by atoms with Crippen LogP contribution in [-0.4, -0.2) is 28.7 Å². The molecule has 1 atom stereocenters. The summed E-state index contributed by atoms with van der Waals surface area (Å²) in [5.74, 6) is -0.792. The lowest BCUT2D eigenvalue weighted by atomic mass is 9.94. The lowest BCUT2D eigenvalue weighted by molar-refractivity contribution is -0.127. The van der Waals surface area contributed by atoms with Crippen molar-refractivity contribution >= 4 is 29.2 Å². The number of para-hydroxylation sites is 1. The fourth-order valence-electron chi connectivity index (χ4n) is 5.00. The van der Waals surface area contributed by atoms with Crippen LogP contribution in [-0.2, 0) is 14.4 Å². The Morgan fingerprint density at radius 2 is 1.67 bits per heavy atom. The molecular formula is C31H35FN4O3. The Morgan fingerprint density at radius 1 is 0.949 bits per heavy atom. The standard InChI is InChI=1S/C31H35FN4O3/c1-22-10-5-6-13-26(22)36(29(38)16-9-15-28(37)35-27-14-7-8-21-33-27)30(23-17-19-24(32)20-18-23)31(39)34-25-11-3-2-4-12-25/h5-8,10,13-14,17-21,25,30H,2-4,9,11-12,15-16H2,1H3,(H,34,39)(H,33,35,37)/t30-/m0/s1. The number of carbonyl (C=O) groups is 3. The zero-order chi connectivity index (χ0) is 27.6. The number of amides is 3. The van der Waals surface area contributed by atoms with Gasteiger partial charge in [-0.15, -0.1) is 0 Å². The minimum Gasteiger partial charge on any atom is -0.351 e. The molecule has 3 aromatic rings. The Labute approximate surface area is 228 Å². The third-order valence-electron chi connectivity index (χ3n) is 7.01. The van der Waals surface area contributed by atoms with Crippen LogP contribution in [0.25, 0.3) is 0 Å². The Bertz CT molecular complexity index is 1260. The monoisotopic (exact) mass is 530 g/mol. The molecular weight excluding hydrogens is 495 g/mol. The molecule has 1 aromatic heterocycles. The molecule has 39 heavy (non-hydrogen) atoms. The summed E-state index contributed by atoms with van der Waals surface area (Å²) in [5.41, 5.74) is 1.96. The Hall–Kier alpha value is -4.07. The number of aryl methyl sites for hydroxylation is 1. The second kappa shape index (κ2) is 13.6. The van der Waals surface area contributed by atoms with Crippen molar-refractivity contribution in [3.8, 4) is 0 Å². The number of nitrogens with zero attached hydrogens (tertiary/aromatic N) is 2. The lowest BCUT2D eigenvalue weighted by Crippen LogP contribution is -2.47. The van der Waals surface area contributed by atoms with Gasteiger partial charge < -0.3 is 10.6 Å². The summed E-state index contributed by atoms with van der Waals surface area (Å²) in [7, 11) is 0. The molecule has 0 aliphatic heterocycles. The fraction of sp³-hybridized carbons (Fsp3) is 0.355. The quantitative estimate of drug-likeness (QED) is 0.343. The van der Waals surface area contributed by atoms with Crippen molar-refractivity contribution in [2.45, 2.75) is 70.4 Å². The molecule has 204 valence electrons. The molecule has 8 heteroatoms. The molecule has 4 rings (SSSR count). The van der Waals surface area contributed by atoms with Gasteiger partial charge in [-0.25, -0.2) is 9.37 Å². The Kier molecular flexibility index (Phi) is 9.78. The maximum Gasteiger partial charge on any atom is 0.248 e. The number of rotatable bonds is 10. The number of pyridine rings is 1. The SMILES string of the molecule is Cc1ccccc1N(C(=O)CCCC(=O)Nc1ccccn1)[C@H](C(=O)NC1CCCCC1)c1ccc(F)cc1. The van der Waals surface area contributed by atoms with Crippen molar-refractivity contribution < 1.29 is 18.8 Å². The number of hydrogen-bond donors (Lipinski definition) is 2. The highest BCUT2D eigenvalue weighted by atomic mass is 19.1. The van der Waals surface area contributed by atoms with Crippen molar-refractivity contribution in [1.82, 2.24) is 10.3 Å². The number of carbonyl (C=O) groups excluding carboxylic acids is 3. The molecule has 1 fully saturated rings. The van der Waals surface area contributed by atoms with Crippen molar-refractivity contribution in [2.24, 2.45) is 0 Å². The summed E-state index contributed by atoms with van der Waals surface area (Å²) in [5, 5.41) is 5.89. The van der Waals surface area contributed by atoms with Gasteiger partial charge >= 0.3 is 0 Å². The van der Waals surface area contributed by atoms with Crippen LogP contribution >= 0.6 is 0 Å². The summed E-state index contributed by atoms with van der Waals surface area (Å²) >= 11 is 0. The molecule has 1 heterocycles. The predicted octanol–water partition coefficient (Wildman–Crippen LogP) is 5.86. The molecule has 7 nitrogen and oxygen atoms in total. The van der Waals surface area contributed by atoms with Crippen molar-refractivity contribution in [2.75, 3.05) is 10.2 Å². The second-order valence-corrected chi connectivity index (χ2v) is 9.96. The fourth-order valence-corrected chi connectivity index (χ4v) is 5.00. The highest BCUT2D eigenvalue weighted by Gasteiger charge is 2.34. The van der Waals surface area contributed by atoms with Gasteiger partial charge in [0.1, 0.15) is 17.7 Å². The first-order valence-electron chi connectivity index (χ1n) is 13.6. The number of anilines is 2. The van der Waals surface area contributed by atoms with Gasteiger partial charge in [0, 0.05) is 30.8 Å². The maximum absolute atomic E-state index is 13.8. The van der Waals surface area contributed by atoms with E-state index in [1.54, 1.807) is 36.5 Å². The predicted molar refractivity (Wildman–Crippen MR) is 150 cm³/mol. The van der Waals surface area contributed by atoms with Crippen LogP contribution in [0.4, 0.5) is 15.9 Å². The van der Waals surface area contributed by atoms with Gasteiger partial charge in [0.05, 0.1) is 0 Å². The first kappa shape index (κ1) is 28.0. The highest BCUT2D eigenvalue weighted by Crippen LogP contribution is 2.32. The zero-order valence-corrected chi connectivity index (χ0v) is 22.2. The first-order valence-corrected chi connectivity index (χ1v) is 13.6. The smallest absolute Gasteiger partial charge is 0.248 e. The third-order valence-corrected chi connectivity index (χ3v) is 7.01. The summed E-state index contributed by atoms with van der Waals surface area (Å²) in [6.45, 7) is 1.89. The third kappa shape index (κ3) is 7.72. The average Bonchev–Trinajstić information content (AvgIpc) is 2.94. The van der Waals surface area contributed by atoms with Crippen LogP contribution in [0.2, 0.25) is 0 Å². The van der Waals surface area contributed by atoms with Crippen LogP contribution in [0.5, 0.6) is 0 Å². The number of aromatic nitrogens is 1. The highest BCUT2D eigenvalue weighted by molar-refractivity contribution is 6.02. The van der Waals surface area contributed by atoms with E-state index in [1.807, 2.05) is 31.2 Å². The number of nitrogens with one attached hydrogen (secondary N) is 2.